The van der Waals surface area contributed by atoms with Crippen LogP contribution in [0.2, 0.25) is 0 Å². The Bertz CT molecular complexity index is 1800. The number of aliphatic imine (C=N–C) groups is 1. The lowest BCUT2D eigenvalue weighted by Crippen LogP contribution is -2.67. The molecule has 0 saturated carbocycles. The number of benzene rings is 1. The van der Waals surface area contributed by atoms with Gasteiger partial charge in [0.25, 0.3) is 0 Å². The van der Waals surface area contributed by atoms with E-state index in [0.717, 1.165) is 64.0 Å². The van der Waals surface area contributed by atoms with Crippen LogP contribution < -0.4 is 21.1 Å². The molecule has 0 radical (unpaired) electrons. The van der Waals surface area contributed by atoms with Gasteiger partial charge in [0.15, 0.2) is 17.5 Å². The van der Waals surface area contributed by atoms with Crippen LogP contribution in [-0.2, 0) is 22.6 Å². The Hall–Kier alpha value is -3.56. The molecule has 1 aromatic rings. The minimum Gasteiger partial charge on any atom is -0.504 e. The second-order valence-corrected chi connectivity index (χ2v) is 18.3. The lowest BCUT2D eigenvalue weighted by molar-refractivity contribution is -0.152. The van der Waals surface area contributed by atoms with Gasteiger partial charge in [0.2, 0.25) is 0 Å². The number of rotatable bonds is 3. The van der Waals surface area contributed by atoms with Crippen LogP contribution >= 0.6 is 0 Å². The molecular weight excluding hydrogens is 725 g/mol. The normalized spacial score (nSPS) is 40.4. The van der Waals surface area contributed by atoms with Gasteiger partial charge in [-0.2, -0.15) is 0 Å². The average molecular weight is 787 g/mol. The highest BCUT2D eigenvalue weighted by Crippen LogP contribution is 2.45. The third-order valence-corrected chi connectivity index (χ3v) is 14.4. The molecule has 13 heteroatoms. The number of nitrogens with one attached hydrogen (secondary N) is 2. The summed E-state index contributed by atoms with van der Waals surface area (Å²) in [4.78, 5) is 22.6. The summed E-state index contributed by atoms with van der Waals surface area (Å²) in [7, 11) is 0. The van der Waals surface area contributed by atoms with Crippen molar-refractivity contribution >= 4 is 11.9 Å². The summed E-state index contributed by atoms with van der Waals surface area (Å²) in [6.45, 7) is 6.14. The smallest absolute Gasteiger partial charge is 0.302 e. The molecule has 1 aromatic carbocycles. The first kappa shape index (κ1) is 40.2. The number of guanidine groups is 1. The molecule has 7 aliphatic heterocycles. The summed E-state index contributed by atoms with van der Waals surface area (Å²) in [5.74, 6) is 15.3. The van der Waals surface area contributed by atoms with E-state index in [9.17, 15) is 25.2 Å². The summed E-state index contributed by atoms with van der Waals surface area (Å²) in [6, 6.07) is 3.52. The van der Waals surface area contributed by atoms with Gasteiger partial charge in [0, 0.05) is 76.3 Å². The number of carbonyl (C=O) groups is 1. The quantitative estimate of drug-likeness (QED) is 0.174. The first-order valence-corrected chi connectivity index (χ1v) is 21.4. The number of nitrogens with two attached hydrogens (primary N) is 1. The van der Waals surface area contributed by atoms with Crippen molar-refractivity contribution in [2.75, 3.05) is 52.5 Å². The fourth-order valence-electron chi connectivity index (χ4n) is 11.3. The van der Waals surface area contributed by atoms with Crippen molar-refractivity contribution in [2.24, 2.45) is 45.7 Å². The molecule has 1 aliphatic carbocycles. The summed E-state index contributed by atoms with van der Waals surface area (Å²) in [5, 5.41) is 52.3. The second-order valence-electron chi connectivity index (χ2n) is 18.3. The van der Waals surface area contributed by atoms with Gasteiger partial charge in [0.05, 0.1) is 36.9 Å². The summed E-state index contributed by atoms with van der Waals surface area (Å²) in [5.41, 5.74) is 6.79. The van der Waals surface area contributed by atoms with Crippen molar-refractivity contribution in [3.05, 3.63) is 23.3 Å². The Morgan fingerprint density at radius 2 is 1.98 bits per heavy atom. The molecule has 12 bridgehead atoms. The lowest BCUT2D eigenvalue weighted by atomic mass is 9.68. The predicted octanol–water partition coefficient (Wildman–Crippen LogP) is 1.69. The second kappa shape index (κ2) is 17.0. The van der Waals surface area contributed by atoms with Gasteiger partial charge in [0.1, 0.15) is 12.2 Å². The fraction of sp³-hybridized carbons (Fsp3) is 0.727. The van der Waals surface area contributed by atoms with Crippen molar-refractivity contribution < 1.29 is 34.7 Å². The predicted molar refractivity (Wildman–Crippen MR) is 215 cm³/mol. The summed E-state index contributed by atoms with van der Waals surface area (Å²) >= 11 is 0. The number of aliphatic hydroxyl groups is 3. The Kier molecular flexibility index (Phi) is 12.0. The molecule has 310 valence electrons. The van der Waals surface area contributed by atoms with Gasteiger partial charge in [-0.15, -0.1) is 5.92 Å². The van der Waals surface area contributed by atoms with E-state index in [2.05, 4.69) is 44.1 Å². The number of hydrogen-bond donors (Lipinski definition) is 7. The highest BCUT2D eigenvalue weighted by Gasteiger charge is 2.51. The lowest BCUT2D eigenvalue weighted by Gasteiger charge is -2.57. The van der Waals surface area contributed by atoms with Gasteiger partial charge in [-0.05, 0) is 99.4 Å². The molecule has 7 heterocycles. The average Bonchev–Trinajstić information content (AvgIpc) is 3.20. The highest BCUT2D eigenvalue weighted by molar-refractivity contribution is 5.77. The number of fused-ring (bicyclic) bond motifs is 8. The zero-order valence-electron chi connectivity index (χ0n) is 33.4. The SMILES string of the molecule is CC(=O)OC1CC(O)CCC23C#CC4CC(C#CCC5(CO)C6CC(CN(CN=C(N)NC2)C6)CN5CC3)CC2CC(CCN2)Oc2cc(c(CO)cc2O)CC41. The van der Waals surface area contributed by atoms with Crippen LogP contribution in [0.25, 0.3) is 0 Å². The highest BCUT2D eigenvalue weighted by atomic mass is 16.5. The maximum Gasteiger partial charge on any atom is 0.302 e. The molecule has 0 amide bonds. The minimum atomic E-state index is -0.784. The van der Waals surface area contributed by atoms with Gasteiger partial charge >= 0.3 is 5.97 Å². The molecular formula is C44H62N6O7. The van der Waals surface area contributed by atoms with Crippen molar-refractivity contribution in [1.82, 2.24) is 20.4 Å². The van der Waals surface area contributed by atoms with Crippen LogP contribution in [0.4, 0.5) is 0 Å². The van der Waals surface area contributed by atoms with Crippen LogP contribution in [0.3, 0.4) is 0 Å². The number of hydrogen-bond acceptors (Lipinski definition) is 13. The van der Waals surface area contributed by atoms with Crippen LogP contribution in [0.5, 0.6) is 11.5 Å². The number of nitrogens with zero attached hydrogens (tertiary/aromatic N) is 3. The first-order chi connectivity index (χ1) is 27.5. The van der Waals surface area contributed by atoms with Gasteiger partial charge in [-0.3, -0.25) is 14.6 Å². The number of phenolic OH excluding ortho intramolecular Hbond substituents is 1. The van der Waals surface area contributed by atoms with Crippen molar-refractivity contribution in [3.8, 4) is 35.2 Å². The fourth-order valence-corrected chi connectivity index (χ4v) is 11.3. The van der Waals surface area contributed by atoms with E-state index in [1.807, 2.05) is 6.07 Å². The van der Waals surface area contributed by atoms with Gasteiger partial charge < -0.3 is 46.3 Å². The van der Waals surface area contributed by atoms with Crippen molar-refractivity contribution in [1.29, 1.82) is 0 Å². The largest absolute Gasteiger partial charge is 0.504 e. The number of aromatic hydroxyl groups is 1. The molecule has 1 spiro atoms. The molecule has 3 fully saturated rings. The van der Waals surface area contributed by atoms with E-state index in [0.29, 0.717) is 74.9 Å². The molecule has 3 saturated heterocycles. The third kappa shape index (κ3) is 8.76. The Morgan fingerprint density at radius 3 is 2.81 bits per heavy atom. The number of aliphatic hydroxyl groups excluding tert-OH is 3. The van der Waals surface area contributed by atoms with Crippen molar-refractivity contribution in [2.45, 2.75) is 114 Å². The topological polar surface area (TPSA) is 185 Å². The van der Waals surface area contributed by atoms with E-state index in [1.54, 1.807) is 6.07 Å². The van der Waals surface area contributed by atoms with Gasteiger partial charge in [-0.25, -0.2) is 4.99 Å². The van der Waals surface area contributed by atoms with E-state index in [4.69, 9.17) is 20.2 Å². The first-order valence-electron chi connectivity index (χ1n) is 21.4. The molecule has 9 rings (SSSR count). The van der Waals surface area contributed by atoms with Gasteiger partial charge in [-0.1, -0.05) is 17.8 Å². The monoisotopic (exact) mass is 786 g/mol. The van der Waals surface area contributed by atoms with Crippen LogP contribution in [0.1, 0.15) is 82.3 Å². The van der Waals surface area contributed by atoms with E-state index in [-0.39, 0.29) is 61.2 Å². The Labute approximate surface area is 337 Å². The molecule has 8 N–H and O–H groups in total. The standard InChI is InChI=1S/C44H62N6O7/c1-28(53)56-40-20-36(54)5-9-43-8-4-31-13-29(15-35-19-37(6-11-46-35)57-41-18-32(16-38(31)40)33(24-51)17-39(41)55)3-2-7-44(26-52)34-14-30(22-50(44)12-10-43)21-49(23-34)27-48-42(45)47-25-43/h17-18,29-31,34-38,40,46,51-52,54-55H,5-7,9-16,19-27H2,1H3,(H3,45,47,48). The molecule has 8 aliphatic rings. The number of piperidine rings is 3. The summed E-state index contributed by atoms with van der Waals surface area (Å²) in [6.07, 6.45) is 5.19. The maximum absolute atomic E-state index is 12.9. The number of ether oxygens (including phenoxy) is 2. The Morgan fingerprint density at radius 1 is 1.11 bits per heavy atom. The zero-order chi connectivity index (χ0) is 39.7. The molecule has 13 nitrogen and oxygen atoms in total. The van der Waals surface area contributed by atoms with E-state index < -0.39 is 29.1 Å². The van der Waals surface area contributed by atoms with E-state index >= 15 is 0 Å². The Balaban J connectivity index is 1.32. The third-order valence-electron chi connectivity index (χ3n) is 14.4. The van der Waals surface area contributed by atoms with E-state index in [1.165, 1.54) is 6.92 Å². The maximum atomic E-state index is 12.9. The van der Waals surface area contributed by atoms with Crippen LogP contribution in [0, 0.1) is 58.7 Å². The van der Waals surface area contributed by atoms with Crippen LogP contribution in [0.15, 0.2) is 17.1 Å². The zero-order valence-corrected chi connectivity index (χ0v) is 33.4. The molecule has 13 atom stereocenters. The molecule has 0 aromatic heterocycles. The van der Waals surface area contributed by atoms with Crippen LogP contribution in [-0.4, -0.2) is 125 Å². The minimum absolute atomic E-state index is 0.00903. The number of esters is 1. The molecule has 13 unspecified atom stereocenters. The van der Waals surface area contributed by atoms with Crippen molar-refractivity contribution in [3.63, 3.8) is 0 Å². The number of phenols is 1. The molecule has 57 heavy (non-hydrogen) atoms. The number of carbonyl (C=O) groups excluding carboxylic acids is 1. The summed E-state index contributed by atoms with van der Waals surface area (Å²) < 4.78 is 12.7.